The van der Waals surface area contributed by atoms with E-state index >= 15 is 0 Å². The van der Waals surface area contributed by atoms with Gasteiger partial charge in [-0.1, -0.05) is 0 Å². The summed E-state index contributed by atoms with van der Waals surface area (Å²) in [5.74, 6) is -0.468. The molecule has 0 fully saturated rings. The first-order chi connectivity index (χ1) is 5.24. The normalized spacial score (nSPS) is 9.18. The van der Waals surface area contributed by atoms with Gasteiger partial charge in [0, 0.05) is 0 Å². The minimum atomic E-state index is -0.475. The molecule has 0 atom stereocenters. The molecule has 1 N–H and O–H groups in total. The number of carbonyl (C=O) groups is 1. The Labute approximate surface area is 64.2 Å². The van der Waals surface area contributed by atoms with Crippen molar-refractivity contribution in [1.82, 2.24) is 0 Å². The molecule has 1 aromatic rings. The van der Waals surface area contributed by atoms with Crippen LogP contribution in [0.4, 0.5) is 0 Å². The molecule has 0 aliphatic carbocycles. The third-order valence-electron chi connectivity index (χ3n) is 1.19. The summed E-state index contributed by atoms with van der Waals surface area (Å²) in [4.78, 5) is 10.8. The monoisotopic (exact) mass is 151 g/mol. The zero-order valence-electron chi connectivity index (χ0n) is 6.00. The van der Waals surface area contributed by atoms with Gasteiger partial charge in [0.25, 0.3) is 0 Å². The molecule has 0 aliphatic rings. The van der Waals surface area contributed by atoms with Crippen LogP contribution in [0.15, 0.2) is 18.2 Å². The van der Waals surface area contributed by atoms with Gasteiger partial charge in [0.2, 0.25) is 0 Å². The highest BCUT2D eigenvalue weighted by Crippen LogP contribution is 2.10. The number of carbonyl (C=O) groups excluding carboxylic acids is 1. The zero-order chi connectivity index (χ0) is 8.27. The minimum absolute atomic E-state index is 0.00731. The highest BCUT2D eigenvalue weighted by atomic mass is 16.5. The molecule has 1 aromatic carbocycles. The third kappa shape index (κ3) is 1.70. The highest BCUT2D eigenvalue weighted by Gasteiger charge is 2.03. The standard InChI is InChI=1S/C8H7O3/c1-11-8(10)6-3-2-4-7(9)5-6/h3-5,9H,1H3. The molecule has 0 unspecified atom stereocenters. The van der Waals surface area contributed by atoms with E-state index in [-0.39, 0.29) is 5.75 Å². The number of phenolic OH excluding ortho intramolecular Hbond substituents is 1. The SMILES string of the molecule is COC(=O)c1c[c]cc(O)c1. The summed E-state index contributed by atoms with van der Waals surface area (Å²) in [6, 6.07) is 6.73. The summed E-state index contributed by atoms with van der Waals surface area (Å²) >= 11 is 0. The molecule has 1 rings (SSSR count). The number of phenols is 1. The van der Waals surface area contributed by atoms with Crippen LogP contribution in [0.2, 0.25) is 0 Å². The lowest BCUT2D eigenvalue weighted by Gasteiger charge is -1.97. The second kappa shape index (κ2) is 3.05. The van der Waals surface area contributed by atoms with E-state index < -0.39 is 5.97 Å². The number of rotatable bonds is 1. The van der Waals surface area contributed by atoms with E-state index in [4.69, 9.17) is 5.11 Å². The maximum absolute atomic E-state index is 10.8. The van der Waals surface area contributed by atoms with Gasteiger partial charge in [-0.3, -0.25) is 0 Å². The zero-order valence-corrected chi connectivity index (χ0v) is 6.00. The van der Waals surface area contributed by atoms with Crippen LogP contribution in [0.25, 0.3) is 0 Å². The highest BCUT2D eigenvalue weighted by molar-refractivity contribution is 5.89. The molecule has 3 nitrogen and oxygen atoms in total. The number of ether oxygens (including phenoxy) is 1. The quantitative estimate of drug-likeness (QED) is 0.608. The number of aromatic hydroxyl groups is 1. The molecule has 0 aliphatic heterocycles. The van der Waals surface area contributed by atoms with Crippen molar-refractivity contribution in [3.8, 4) is 5.75 Å². The molecule has 0 heterocycles. The Balaban J connectivity index is 2.96. The smallest absolute Gasteiger partial charge is 0.338 e. The fourth-order valence-corrected chi connectivity index (χ4v) is 0.695. The molecule has 0 bridgehead atoms. The number of esters is 1. The molecule has 11 heavy (non-hydrogen) atoms. The Morgan fingerprint density at radius 1 is 1.64 bits per heavy atom. The summed E-state index contributed by atoms with van der Waals surface area (Å²) in [5.41, 5.74) is 0.299. The van der Waals surface area contributed by atoms with Gasteiger partial charge in [0.1, 0.15) is 5.75 Å². The van der Waals surface area contributed by atoms with Crippen LogP contribution in [-0.2, 0) is 4.74 Å². The lowest BCUT2D eigenvalue weighted by Crippen LogP contribution is -1.99. The molecule has 1 radical (unpaired) electrons. The van der Waals surface area contributed by atoms with Crippen molar-refractivity contribution in [3.63, 3.8) is 0 Å². The Bertz CT molecular complexity index is 268. The average molecular weight is 151 g/mol. The number of hydrogen-bond acceptors (Lipinski definition) is 3. The summed E-state index contributed by atoms with van der Waals surface area (Å²) in [6.07, 6.45) is 0. The van der Waals surface area contributed by atoms with Crippen LogP contribution in [0, 0.1) is 6.07 Å². The van der Waals surface area contributed by atoms with E-state index in [1.165, 1.54) is 25.3 Å². The third-order valence-corrected chi connectivity index (χ3v) is 1.19. The van der Waals surface area contributed by atoms with Crippen molar-refractivity contribution < 1.29 is 14.6 Å². The van der Waals surface area contributed by atoms with Gasteiger partial charge in [0.05, 0.1) is 12.7 Å². The number of hydrogen-bond donors (Lipinski definition) is 1. The molecule has 0 saturated carbocycles. The fourth-order valence-electron chi connectivity index (χ4n) is 0.695. The molecule has 0 saturated heterocycles. The molecule has 0 amide bonds. The average Bonchev–Trinajstić information content (AvgIpc) is 2.03. The van der Waals surface area contributed by atoms with E-state index in [1.807, 2.05) is 0 Å². The van der Waals surface area contributed by atoms with Gasteiger partial charge in [-0.05, 0) is 24.3 Å². The Kier molecular flexibility index (Phi) is 2.11. The van der Waals surface area contributed by atoms with Crippen molar-refractivity contribution in [2.24, 2.45) is 0 Å². The molecule has 3 heteroatoms. The Hall–Kier alpha value is -1.51. The predicted molar refractivity (Wildman–Crippen MR) is 38.3 cm³/mol. The first-order valence-electron chi connectivity index (χ1n) is 3.02. The number of benzene rings is 1. The lowest BCUT2D eigenvalue weighted by atomic mass is 10.2. The molecule has 57 valence electrons. The van der Waals surface area contributed by atoms with Gasteiger partial charge in [-0.25, -0.2) is 4.79 Å². The fraction of sp³-hybridized carbons (Fsp3) is 0.125. The van der Waals surface area contributed by atoms with Crippen LogP contribution < -0.4 is 0 Å². The topological polar surface area (TPSA) is 46.5 Å². The lowest BCUT2D eigenvalue weighted by molar-refractivity contribution is 0.0600. The van der Waals surface area contributed by atoms with Crippen molar-refractivity contribution in [2.45, 2.75) is 0 Å². The van der Waals surface area contributed by atoms with Crippen molar-refractivity contribution >= 4 is 5.97 Å². The van der Waals surface area contributed by atoms with Crippen molar-refractivity contribution in [2.75, 3.05) is 7.11 Å². The van der Waals surface area contributed by atoms with Gasteiger partial charge in [-0.2, -0.15) is 0 Å². The minimum Gasteiger partial charge on any atom is -0.508 e. The van der Waals surface area contributed by atoms with E-state index in [0.29, 0.717) is 5.56 Å². The summed E-state index contributed by atoms with van der Waals surface area (Å²) in [7, 11) is 1.28. The van der Waals surface area contributed by atoms with Gasteiger partial charge in [-0.15, -0.1) is 0 Å². The Morgan fingerprint density at radius 2 is 2.36 bits per heavy atom. The van der Waals surface area contributed by atoms with Gasteiger partial charge in [0.15, 0.2) is 0 Å². The maximum Gasteiger partial charge on any atom is 0.338 e. The second-order valence-corrected chi connectivity index (χ2v) is 1.97. The molecule has 0 aromatic heterocycles. The predicted octanol–water partition coefficient (Wildman–Crippen LogP) is 0.979. The number of methoxy groups -OCH3 is 1. The molecular weight excluding hydrogens is 144 g/mol. The summed E-state index contributed by atoms with van der Waals surface area (Å²) in [5, 5.41) is 8.92. The maximum atomic E-state index is 10.8. The van der Waals surface area contributed by atoms with Crippen molar-refractivity contribution in [3.05, 3.63) is 29.8 Å². The summed E-state index contributed by atoms with van der Waals surface area (Å²) in [6.45, 7) is 0. The van der Waals surface area contributed by atoms with Gasteiger partial charge >= 0.3 is 5.97 Å². The van der Waals surface area contributed by atoms with E-state index in [9.17, 15) is 4.79 Å². The summed E-state index contributed by atoms with van der Waals surface area (Å²) < 4.78 is 4.42. The first kappa shape index (κ1) is 7.60. The van der Waals surface area contributed by atoms with Gasteiger partial charge < -0.3 is 9.84 Å². The Morgan fingerprint density at radius 3 is 2.91 bits per heavy atom. The van der Waals surface area contributed by atoms with E-state index in [2.05, 4.69) is 10.8 Å². The molecular formula is C8H7O3. The van der Waals surface area contributed by atoms with Crippen LogP contribution in [0.5, 0.6) is 5.75 Å². The van der Waals surface area contributed by atoms with Crippen LogP contribution in [-0.4, -0.2) is 18.2 Å². The second-order valence-electron chi connectivity index (χ2n) is 1.97. The molecule has 0 spiro atoms. The first-order valence-corrected chi connectivity index (χ1v) is 3.02. The van der Waals surface area contributed by atoms with E-state index in [1.54, 1.807) is 0 Å². The van der Waals surface area contributed by atoms with Crippen LogP contribution in [0.3, 0.4) is 0 Å². The largest absolute Gasteiger partial charge is 0.508 e. The van der Waals surface area contributed by atoms with E-state index in [0.717, 1.165) is 0 Å². The van der Waals surface area contributed by atoms with Crippen LogP contribution in [0.1, 0.15) is 10.4 Å². The van der Waals surface area contributed by atoms with Crippen molar-refractivity contribution in [1.29, 1.82) is 0 Å². The van der Waals surface area contributed by atoms with Crippen LogP contribution >= 0.6 is 0 Å².